The van der Waals surface area contributed by atoms with Crippen LogP contribution in [0.1, 0.15) is 5.82 Å². The summed E-state index contributed by atoms with van der Waals surface area (Å²) >= 11 is 0. The smallest absolute Gasteiger partial charge is 0.188 e. The van der Waals surface area contributed by atoms with Gasteiger partial charge in [0.15, 0.2) is 17.2 Å². The normalized spacial score (nSPS) is 11.1. The Bertz CT molecular complexity index is 1450. The Labute approximate surface area is 194 Å². The Morgan fingerprint density at radius 1 is 1.09 bits per heavy atom. The van der Waals surface area contributed by atoms with Gasteiger partial charge in [-0.25, -0.2) is 24.3 Å². The van der Waals surface area contributed by atoms with E-state index in [4.69, 9.17) is 9.47 Å². The molecule has 1 aromatic carbocycles. The number of nitrogens with zero attached hydrogens (tertiary/aromatic N) is 7. The Hall–Kier alpha value is -4.54. The van der Waals surface area contributed by atoms with Gasteiger partial charge < -0.3 is 19.4 Å². The molecule has 4 heterocycles. The zero-order chi connectivity index (χ0) is 23.7. The lowest BCUT2D eigenvalue weighted by Gasteiger charge is -2.25. The van der Waals surface area contributed by atoms with Crippen LogP contribution < -0.4 is 14.4 Å². The molecule has 0 fully saturated rings. The number of nitrogens with one attached hydrogen (secondary N) is 1. The number of hydrogen-bond donors (Lipinski definition) is 1. The highest BCUT2D eigenvalue weighted by Crippen LogP contribution is 2.37. The molecule has 0 aliphatic rings. The standard InChI is InChI=1S/C23H21FN8O2/c1-31-12-14(10-28-31)17-11-27-23-16(29-17)4-5-21(30-23)32(13-20-25-6-7-26-20)18-8-15(33-2)9-19(34-3)22(18)24/h4-12H,13H2,1-3H3,(H,25,26). The summed E-state index contributed by atoms with van der Waals surface area (Å²) in [5, 5.41) is 4.18. The molecular formula is C23H21FN8O2. The van der Waals surface area contributed by atoms with E-state index in [0.717, 1.165) is 5.56 Å². The van der Waals surface area contributed by atoms with Gasteiger partial charge in [-0.15, -0.1) is 0 Å². The van der Waals surface area contributed by atoms with Crippen LogP contribution in [0.2, 0.25) is 0 Å². The number of aromatic amines is 1. The summed E-state index contributed by atoms with van der Waals surface area (Å²) in [6.07, 6.45) is 8.57. The fourth-order valence-electron chi connectivity index (χ4n) is 3.58. The summed E-state index contributed by atoms with van der Waals surface area (Å²) in [7, 11) is 4.76. The number of hydrogen-bond acceptors (Lipinski definition) is 8. The van der Waals surface area contributed by atoms with Gasteiger partial charge in [-0.05, 0) is 12.1 Å². The summed E-state index contributed by atoms with van der Waals surface area (Å²) in [5.41, 5.74) is 2.79. The highest BCUT2D eigenvalue weighted by atomic mass is 19.1. The number of benzene rings is 1. The second-order valence-electron chi connectivity index (χ2n) is 7.45. The summed E-state index contributed by atoms with van der Waals surface area (Å²) in [6.45, 7) is 0.222. The number of ether oxygens (including phenoxy) is 2. The van der Waals surface area contributed by atoms with Crippen molar-refractivity contribution in [3.63, 3.8) is 0 Å². The number of fused-ring (bicyclic) bond motifs is 1. The van der Waals surface area contributed by atoms with Gasteiger partial charge in [-0.3, -0.25) is 4.68 Å². The fourth-order valence-corrected chi connectivity index (χ4v) is 3.58. The Balaban J connectivity index is 1.61. The monoisotopic (exact) mass is 460 g/mol. The van der Waals surface area contributed by atoms with Crippen LogP contribution in [0.15, 0.2) is 55.2 Å². The van der Waals surface area contributed by atoms with Crippen molar-refractivity contribution in [1.29, 1.82) is 0 Å². The predicted molar refractivity (Wildman–Crippen MR) is 123 cm³/mol. The van der Waals surface area contributed by atoms with Gasteiger partial charge in [-0.1, -0.05) is 0 Å². The van der Waals surface area contributed by atoms with Crippen molar-refractivity contribution in [3.8, 4) is 22.8 Å². The van der Waals surface area contributed by atoms with E-state index < -0.39 is 5.82 Å². The molecule has 4 aromatic heterocycles. The maximum atomic E-state index is 15.4. The van der Waals surface area contributed by atoms with E-state index in [2.05, 4.69) is 30.0 Å². The van der Waals surface area contributed by atoms with Crippen LogP contribution in [0.25, 0.3) is 22.4 Å². The number of aryl methyl sites for hydroxylation is 1. The zero-order valence-corrected chi connectivity index (χ0v) is 18.7. The Morgan fingerprint density at radius 2 is 1.97 bits per heavy atom. The molecule has 0 radical (unpaired) electrons. The molecule has 0 spiro atoms. The predicted octanol–water partition coefficient (Wildman–Crippen LogP) is 3.64. The molecular weight excluding hydrogens is 439 g/mol. The van der Waals surface area contributed by atoms with Gasteiger partial charge in [0.1, 0.15) is 22.9 Å². The van der Waals surface area contributed by atoms with Crippen LogP contribution >= 0.6 is 0 Å². The van der Waals surface area contributed by atoms with Crippen molar-refractivity contribution in [2.45, 2.75) is 6.54 Å². The number of imidazole rings is 1. The number of rotatable bonds is 7. The van der Waals surface area contributed by atoms with Crippen molar-refractivity contribution >= 4 is 22.7 Å². The molecule has 172 valence electrons. The summed E-state index contributed by atoms with van der Waals surface area (Å²) < 4.78 is 27.7. The largest absolute Gasteiger partial charge is 0.497 e. The minimum Gasteiger partial charge on any atom is -0.497 e. The zero-order valence-electron chi connectivity index (χ0n) is 18.7. The van der Waals surface area contributed by atoms with Crippen LogP contribution in [-0.4, -0.2) is 48.9 Å². The van der Waals surface area contributed by atoms with Crippen LogP contribution in [0.5, 0.6) is 11.5 Å². The number of methoxy groups -OCH3 is 2. The number of pyridine rings is 1. The topological polar surface area (TPSA) is 107 Å². The maximum absolute atomic E-state index is 15.4. The molecule has 34 heavy (non-hydrogen) atoms. The molecule has 0 saturated carbocycles. The lowest BCUT2D eigenvalue weighted by atomic mass is 10.2. The number of anilines is 2. The van der Waals surface area contributed by atoms with E-state index in [1.165, 1.54) is 20.3 Å². The summed E-state index contributed by atoms with van der Waals surface area (Å²) in [4.78, 5) is 22.8. The summed E-state index contributed by atoms with van der Waals surface area (Å²) in [5.74, 6) is 1.04. The molecule has 5 rings (SSSR count). The molecule has 10 nitrogen and oxygen atoms in total. The molecule has 0 aliphatic heterocycles. The van der Waals surface area contributed by atoms with Crippen molar-refractivity contribution in [1.82, 2.24) is 34.7 Å². The third-order valence-electron chi connectivity index (χ3n) is 5.27. The van der Waals surface area contributed by atoms with E-state index in [1.807, 2.05) is 13.2 Å². The van der Waals surface area contributed by atoms with E-state index >= 15 is 4.39 Å². The lowest BCUT2D eigenvalue weighted by molar-refractivity contribution is 0.374. The van der Waals surface area contributed by atoms with Crippen molar-refractivity contribution in [2.24, 2.45) is 7.05 Å². The molecule has 0 atom stereocenters. The second kappa shape index (κ2) is 8.77. The average molecular weight is 460 g/mol. The minimum absolute atomic E-state index is 0.0560. The van der Waals surface area contributed by atoms with Gasteiger partial charge in [-0.2, -0.15) is 5.10 Å². The first-order valence-corrected chi connectivity index (χ1v) is 10.4. The molecule has 0 bridgehead atoms. The third kappa shape index (κ3) is 3.98. The highest BCUT2D eigenvalue weighted by Gasteiger charge is 2.22. The number of halogens is 1. The quantitative estimate of drug-likeness (QED) is 0.392. The van der Waals surface area contributed by atoms with Gasteiger partial charge >= 0.3 is 0 Å². The van der Waals surface area contributed by atoms with Crippen LogP contribution in [-0.2, 0) is 13.6 Å². The summed E-state index contributed by atoms with van der Waals surface area (Å²) in [6, 6.07) is 6.64. The Morgan fingerprint density at radius 3 is 2.68 bits per heavy atom. The van der Waals surface area contributed by atoms with Gasteiger partial charge in [0, 0.05) is 43.3 Å². The van der Waals surface area contributed by atoms with Crippen molar-refractivity contribution in [3.05, 3.63) is 66.9 Å². The van der Waals surface area contributed by atoms with Crippen LogP contribution in [0, 0.1) is 5.82 Å². The SMILES string of the molecule is COc1cc(OC)c(F)c(N(Cc2ncc[nH]2)c2ccc3nc(-c4cnn(C)c4)cnc3n2)c1. The van der Waals surface area contributed by atoms with E-state index in [9.17, 15) is 0 Å². The van der Waals surface area contributed by atoms with Crippen molar-refractivity contribution in [2.75, 3.05) is 19.1 Å². The van der Waals surface area contributed by atoms with Crippen molar-refractivity contribution < 1.29 is 13.9 Å². The third-order valence-corrected chi connectivity index (χ3v) is 5.27. The minimum atomic E-state index is -0.547. The first kappa shape index (κ1) is 21.3. The molecule has 0 amide bonds. The second-order valence-corrected chi connectivity index (χ2v) is 7.45. The molecule has 5 aromatic rings. The Kier molecular flexibility index (Phi) is 5.50. The molecule has 1 N–H and O–H groups in total. The first-order valence-electron chi connectivity index (χ1n) is 10.4. The highest BCUT2D eigenvalue weighted by molar-refractivity contribution is 5.77. The molecule has 11 heteroatoms. The van der Waals surface area contributed by atoms with Crippen LogP contribution in [0.3, 0.4) is 0 Å². The maximum Gasteiger partial charge on any atom is 0.188 e. The van der Waals surface area contributed by atoms with Crippen LogP contribution in [0.4, 0.5) is 15.9 Å². The molecule has 0 aliphatic carbocycles. The fraction of sp³-hybridized carbons (Fsp3) is 0.174. The number of aromatic nitrogens is 7. The van der Waals surface area contributed by atoms with E-state index in [0.29, 0.717) is 34.2 Å². The average Bonchev–Trinajstić information content (AvgIpc) is 3.54. The van der Waals surface area contributed by atoms with Gasteiger partial charge in [0.2, 0.25) is 0 Å². The van der Waals surface area contributed by atoms with E-state index in [-0.39, 0.29) is 18.0 Å². The van der Waals surface area contributed by atoms with Gasteiger partial charge in [0.25, 0.3) is 0 Å². The van der Waals surface area contributed by atoms with E-state index in [1.54, 1.807) is 52.6 Å². The lowest BCUT2D eigenvalue weighted by Crippen LogP contribution is -2.20. The van der Waals surface area contributed by atoms with Gasteiger partial charge in [0.05, 0.1) is 44.5 Å². The first-order chi connectivity index (χ1) is 16.6. The number of H-pyrrole nitrogens is 1. The molecule has 0 saturated heterocycles. The molecule has 0 unspecified atom stereocenters.